The maximum atomic E-state index is 6.12. The monoisotopic (exact) mass is 385 g/mol. The Kier molecular flexibility index (Phi) is 7.31. The van der Waals surface area contributed by atoms with Crippen LogP contribution in [0.25, 0.3) is 0 Å². The van der Waals surface area contributed by atoms with Crippen molar-refractivity contribution in [2.24, 2.45) is 10.9 Å². The summed E-state index contributed by atoms with van der Waals surface area (Å²) in [5, 5.41) is 11.0. The van der Waals surface area contributed by atoms with Gasteiger partial charge in [-0.3, -0.25) is 9.67 Å². The molecule has 2 aromatic rings. The number of nitrogens with one attached hydrogen (secondary N) is 2. The molecule has 1 aliphatic rings. The van der Waals surface area contributed by atoms with E-state index >= 15 is 0 Å². The summed E-state index contributed by atoms with van der Waals surface area (Å²) in [7, 11) is 1.78. The first-order valence-electron chi connectivity index (χ1n) is 9.87. The number of ether oxygens (including phenoxy) is 2. The molecule has 1 aromatic heterocycles. The first-order chi connectivity index (χ1) is 13.6. The van der Waals surface area contributed by atoms with Gasteiger partial charge >= 0.3 is 0 Å². The molecule has 0 amide bonds. The van der Waals surface area contributed by atoms with Crippen LogP contribution in [-0.2, 0) is 17.8 Å². The van der Waals surface area contributed by atoms with Crippen LogP contribution in [-0.4, -0.2) is 49.2 Å². The number of hydrogen-bond acceptors (Lipinski definition) is 4. The summed E-state index contributed by atoms with van der Waals surface area (Å²) in [5.74, 6) is 2.18. The fourth-order valence-corrected chi connectivity index (χ4v) is 3.14. The Labute approximate surface area is 167 Å². The number of hydrogen-bond donors (Lipinski definition) is 2. The highest BCUT2D eigenvalue weighted by Crippen LogP contribution is 2.22. The predicted octanol–water partition coefficient (Wildman–Crippen LogP) is 2.28. The van der Waals surface area contributed by atoms with Gasteiger partial charge in [0.05, 0.1) is 26.0 Å². The van der Waals surface area contributed by atoms with Gasteiger partial charge in [0.25, 0.3) is 0 Å². The Morgan fingerprint density at radius 3 is 2.93 bits per heavy atom. The minimum absolute atomic E-state index is 0.488. The summed E-state index contributed by atoms with van der Waals surface area (Å²) in [6, 6.07) is 6.32. The number of rotatable bonds is 8. The molecule has 3 rings (SSSR count). The molecule has 0 saturated carbocycles. The van der Waals surface area contributed by atoms with E-state index in [1.54, 1.807) is 7.05 Å². The third kappa shape index (κ3) is 5.99. The second-order valence-electron chi connectivity index (χ2n) is 7.29. The van der Waals surface area contributed by atoms with E-state index in [4.69, 9.17) is 9.47 Å². The average Bonchev–Trinajstić information content (AvgIpc) is 3.35. The predicted molar refractivity (Wildman–Crippen MR) is 111 cm³/mol. The average molecular weight is 386 g/mol. The topological polar surface area (TPSA) is 72.7 Å². The molecular weight excluding hydrogens is 354 g/mol. The van der Waals surface area contributed by atoms with E-state index in [1.807, 2.05) is 24.0 Å². The van der Waals surface area contributed by atoms with E-state index in [2.05, 4.69) is 45.8 Å². The molecule has 7 heteroatoms. The van der Waals surface area contributed by atoms with Crippen LogP contribution in [0.3, 0.4) is 0 Å². The van der Waals surface area contributed by atoms with Crippen molar-refractivity contribution in [2.75, 3.05) is 33.4 Å². The number of benzene rings is 1. The molecule has 2 heterocycles. The van der Waals surface area contributed by atoms with Crippen LogP contribution in [0.15, 0.2) is 35.6 Å². The number of aryl methyl sites for hydroxylation is 2. The molecule has 7 nitrogen and oxygen atoms in total. The van der Waals surface area contributed by atoms with Gasteiger partial charge in [-0.2, -0.15) is 5.10 Å². The lowest BCUT2D eigenvalue weighted by Crippen LogP contribution is -2.38. The molecule has 28 heavy (non-hydrogen) atoms. The molecule has 0 aliphatic carbocycles. The van der Waals surface area contributed by atoms with Crippen molar-refractivity contribution in [3.8, 4) is 5.75 Å². The van der Waals surface area contributed by atoms with Gasteiger partial charge in [0, 0.05) is 44.4 Å². The Morgan fingerprint density at radius 1 is 1.32 bits per heavy atom. The fourth-order valence-electron chi connectivity index (χ4n) is 3.14. The van der Waals surface area contributed by atoms with Gasteiger partial charge in [0.2, 0.25) is 0 Å². The van der Waals surface area contributed by atoms with Crippen molar-refractivity contribution in [3.63, 3.8) is 0 Å². The molecule has 0 radical (unpaired) electrons. The zero-order chi connectivity index (χ0) is 19.8. The molecule has 152 valence electrons. The normalized spacial score (nSPS) is 17.0. The van der Waals surface area contributed by atoms with Crippen molar-refractivity contribution in [1.29, 1.82) is 0 Å². The van der Waals surface area contributed by atoms with Crippen molar-refractivity contribution in [1.82, 2.24) is 20.4 Å². The van der Waals surface area contributed by atoms with Crippen LogP contribution in [0.1, 0.15) is 23.1 Å². The van der Waals surface area contributed by atoms with Gasteiger partial charge < -0.3 is 20.1 Å². The summed E-state index contributed by atoms with van der Waals surface area (Å²) in [6.07, 6.45) is 4.97. The van der Waals surface area contributed by atoms with Crippen LogP contribution < -0.4 is 15.4 Å². The maximum Gasteiger partial charge on any atom is 0.191 e. The van der Waals surface area contributed by atoms with E-state index in [0.717, 1.165) is 50.0 Å². The van der Waals surface area contributed by atoms with Crippen molar-refractivity contribution < 1.29 is 9.47 Å². The largest absolute Gasteiger partial charge is 0.493 e. The molecule has 1 unspecified atom stereocenters. The molecule has 2 N–H and O–H groups in total. The van der Waals surface area contributed by atoms with Gasteiger partial charge in [-0.1, -0.05) is 12.1 Å². The lowest BCUT2D eigenvalue weighted by atomic mass is 10.1. The maximum absolute atomic E-state index is 6.12. The standard InChI is InChI=1S/C21H31N5O2/c1-16-4-5-19(20(10-16)28-15-18-6-9-27-14-18)12-24-21(22-3)23-7-8-26-13-17(2)11-25-26/h4-5,10-11,13,18H,6-9,12,14-15H2,1-3H3,(H2,22,23,24). The number of aromatic nitrogens is 2. The fraction of sp³-hybridized carbons (Fsp3) is 0.524. The smallest absolute Gasteiger partial charge is 0.191 e. The molecule has 1 aliphatic heterocycles. The van der Waals surface area contributed by atoms with E-state index in [-0.39, 0.29) is 0 Å². The van der Waals surface area contributed by atoms with Crippen molar-refractivity contribution >= 4 is 5.96 Å². The highest BCUT2D eigenvalue weighted by Gasteiger charge is 2.17. The Hall–Kier alpha value is -2.54. The Bertz CT molecular complexity index is 781. The third-order valence-corrected chi connectivity index (χ3v) is 4.79. The van der Waals surface area contributed by atoms with Gasteiger partial charge in [-0.25, -0.2) is 0 Å². The van der Waals surface area contributed by atoms with Gasteiger partial charge in [-0.05, 0) is 37.5 Å². The van der Waals surface area contributed by atoms with Crippen molar-refractivity contribution in [2.45, 2.75) is 33.4 Å². The van der Waals surface area contributed by atoms with Crippen LogP contribution in [0.4, 0.5) is 0 Å². The molecule has 1 aromatic carbocycles. The minimum Gasteiger partial charge on any atom is -0.493 e. The van der Waals surface area contributed by atoms with Crippen LogP contribution in [0, 0.1) is 19.8 Å². The number of guanidine groups is 1. The SMILES string of the molecule is CN=C(NCCn1cc(C)cn1)NCc1ccc(C)cc1OCC1CCOC1. The summed E-state index contributed by atoms with van der Waals surface area (Å²) < 4.78 is 13.5. The summed E-state index contributed by atoms with van der Waals surface area (Å²) in [4.78, 5) is 4.30. The van der Waals surface area contributed by atoms with Gasteiger partial charge in [-0.15, -0.1) is 0 Å². The Balaban J connectivity index is 1.50. The number of nitrogens with zero attached hydrogens (tertiary/aromatic N) is 3. The molecule has 1 saturated heterocycles. The van der Waals surface area contributed by atoms with Gasteiger partial charge in [0.15, 0.2) is 5.96 Å². The zero-order valence-corrected chi connectivity index (χ0v) is 17.1. The molecular formula is C21H31N5O2. The van der Waals surface area contributed by atoms with Crippen LogP contribution in [0.5, 0.6) is 5.75 Å². The first-order valence-corrected chi connectivity index (χ1v) is 9.87. The highest BCUT2D eigenvalue weighted by molar-refractivity contribution is 5.79. The molecule has 1 atom stereocenters. The second kappa shape index (κ2) is 10.1. The summed E-state index contributed by atoms with van der Waals surface area (Å²) in [5.41, 5.74) is 3.48. The number of aliphatic imine (C=N–C) groups is 1. The lowest BCUT2D eigenvalue weighted by molar-refractivity contribution is 0.166. The molecule has 1 fully saturated rings. The molecule has 0 spiro atoms. The van der Waals surface area contributed by atoms with E-state index in [0.29, 0.717) is 19.1 Å². The minimum atomic E-state index is 0.488. The lowest BCUT2D eigenvalue weighted by Gasteiger charge is -2.17. The van der Waals surface area contributed by atoms with E-state index in [9.17, 15) is 0 Å². The van der Waals surface area contributed by atoms with Crippen molar-refractivity contribution in [3.05, 3.63) is 47.3 Å². The first kappa shape index (κ1) is 20.2. The summed E-state index contributed by atoms with van der Waals surface area (Å²) in [6.45, 7) is 8.65. The van der Waals surface area contributed by atoms with E-state index < -0.39 is 0 Å². The Morgan fingerprint density at radius 2 is 2.21 bits per heavy atom. The quantitative estimate of drug-likeness (QED) is 0.539. The van der Waals surface area contributed by atoms with E-state index in [1.165, 1.54) is 11.1 Å². The third-order valence-electron chi connectivity index (χ3n) is 4.79. The highest BCUT2D eigenvalue weighted by atomic mass is 16.5. The molecule has 0 bridgehead atoms. The van der Waals surface area contributed by atoms with Crippen LogP contribution in [0.2, 0.25) is 0 Å². The zero-order valence-electron chi connectivity index (χ0n) is 17.1. The second-order valence-corrected chi connectivity index (χ2v) is 7.29. The summed E-state index contributed by atoms with van der Waals surface area (Å²) >= 11 is 0. The van der Waals surface area contributed by atoms with Crippen LogP contribution >= 0.6 is 0 Å². The van der Waals surface area contributed by atoms with Gasteiger partial charge in [0.1, 0.15) is 5.75 Å².